The second-order valence-electron chi connectivity index (χ2n) is 7.06. The summed E-state index contributed by atoms with van der Waals surface area (Å²) in [4.78, 5) is 9.52. The smallest absolute Gasteiger partial charge is 0.140 e. The van der Waals surface area contributed by atoms with Crippen LogP contribution in [0, 0.1) is 0 Å². The highest BCUT2D eigenvalue weighted by Gasteiger charge is 2.13. The molecule has 5 rings (SSSR count). The summed E-state index contributed by atoms with van der Waals surface area (Å²) in [6.45, 7) is 0. The average Bonchev–Trinajstić information content (AvgIpc) is 3.19. The van der Waals surface area contributed by atoms with E-state index >= 15 is 0 Å². The second-order valence-corrected chi connectivity index (χ2v) is 7.06. The lowest BCUT2D eigenvalue weighted by molar-refractivity contribution is 0.956. The summed E-state index contributed by atoms with van der Waals surface area (Å²) < 4.78 is 4.14. The Labute approximate surface area is 162 Å². The summed E-state index contributed by atoms with van der Waals surface area (Å²) in [5.41, 5.74) is 19.3. The minimum atomic E-state index is 0.736. The molecule has 0 radical (unpaired) electrons. The molecule has 0 unspecified atom stereocenters. The van der Waals surface area contributed by atoms with Crippen LogP contribution in [-0.4, -0.2) is 19.1 Å². The molecule has 28 heavy (non-hydrogen) atoms. The van der Waals surface area contributed by atoms with Crippen LogP contribution in [0.25, 0.3) is 44.8 Å². The zero-order valence-electron chi connectivity index (χ0n) is 15.7. The third-order valence-corrected chi connectivity index (χ3v) is 5.21. The van der Waals surface area contributed by atoms with Crippen LogP contribution in [0.2, 0.25) is 0 Å². The molecule has 0 aliphatic heterocycles. The van der Waals surface area contributed by atoms with Gasteiger partial charge in [-0.2, -0.15) is 0 Å². The molecule has 0 aliphatic rings. The lowest BCUT2D eigenvalue weighted by Crippen LogP contribution is -1.95. The van der Waals surface area contributed by atoms with Crippen LogP contribution in [0.1, 0.15) is 0 Å². The highest BCUT2D eigenvalue weighted by molar-refractivity contribution is 5.85. The first kappa shape index (κ1) is 16.4. The highest BCUT2D eigenvalue weighted by atomic mass is 15.1. The molecule has 138 valence electrons. The number of benzene rings is 3. The minimum absolute atomic E-state index is 0.736. The largest absolute Gasteiger partial charge is 0.399 e. The van der Waals surface area contributed by atoms with Crippen molar-refractivity contribution in [1.82, 2.24) is 19.1 Å². The molecule has 2 heterocycles. The van der Waals surface area contributed by atoms with Gasteiger partial charge in [-0.05, 0) is 36.4 Å². The Kier molecular flexibility index (Phi) is 3.42. The molecule has 0 bridgehead atoms. The van der Waals surface area contributed by atoms with Gasteiger partial charge in [0.2, 0.25) is 0 Å². The van der Waals surface area contributed by atoms with E-state index in [4.69, 9.17) is 21.4 Å². The molecule has 5 aromatic rings. The van der Waals surface area contributed by atoms with Crippen LogP contribution in [0.15, 0.2) is 60.7 Å². The molecule has 0 spiro atoms. The fourth-order valence-electron chi connectivity index (χ4n) is 3.70. The first-order chi connectivity index (χ1) is 13.5. The van der Waals surface area contributed by atoms with Gasteiger partial charge in [0, 0.05) is 36.6 Å². The molecule has 2 aromatic heterocycles. The number of nitrogens with two attached hydrogens (primary N) is 2. The molecule has 6 nitrogen and oxygen atoms in total. The van der Waals surface area contributed by atoms with Crippen LogP contribution in [0.4, 0.5) is 11.4 Å². The Balaban J connectivity index is 1.58. The van der Waals surface area contributed by atoms with Crippen LogP contribution in [0.3, 0.4) is 0 Å². The highest BCUT2D eigenvalue weighted by Crippen LogP contribution is 2.29. The Morgan fingerprint density at radius 3 is 1.39 bits per heavy atom. The summed E-state index contributed by atoms with van der Waals surface area (Å²) in [6, 6.07) is 19.9. The van der Waals surface area contributed by atoms with Crippen molar-refractivity contribution in [2.45, 2.75) is 0 Å². The summed E-state index contributed by atoms with van der Waals surface area (Å²) in [7, 11) is 4.02. The Morgan fingerprint density at radius 1 is 0.607 bits per heavy atom. The van der Waals surface area contributed by atoms with E-state index in [2.05, 4.69) is 33.4 Å². The summed E-state index contributed by atoms with van der Waals surface area (Å²) in [5, 5.41) is 0. The van der Waals surface area contributed by atoms with Crippen LogP contribution in [-0.2, 0) is 14.1 Å². The Morgan fingerprint density at radius 2 is 1.00 bits per heavy atom. The number of nitrogens with zero attached hydrogens (tertiary/aromatic N) is 4. The maximum Gasteiger partial charge on any atom is 0.140 e. The summed E-state index contributed by atoms with van der Waals surface area (Å²) in [5.74, 6) is 1.81. The van der Waals surface area contributed by atoms with Crippen molar-refractivity contribution in [1.29, 1.82) is 0 Å². The van der Waals surface area contributed by atoms with Gasteiger partial charge < -0.3 is 20.6 Å². The van der Waals surface area contributed by atoms with E-state index < -0.39 is 0 Å². The fourth-order valence-corrected chi connectivity index (χ4v) is 3.70. The van der Waals surface area contributed by atoms with Gasteiger partial charge in [0.25, 0.3) is 0 Å². The van der Waals surface area contributed by atoms with Gasteiger partial charge >= 0.3 is 0 Å². The van der Waals surface area contributed by atoms with Crippen molar-refractivity contribution >= 4 is 33.4 Å². The van der Waals surface area contributed by atoms with Crippen molar-refractivity contribution in [2.24, 2.45) is 14.1 Å². The van der Waals surface area contributed by atoms with Gasteiger partial charge in [-0.15, -0.1) is 0 Å². The fraction of sp³-hybridized carbons (Fsp3) is 0.0909. The van der Waals surface area contributed by atoms with E-state index in [0.29, 0.717) is 0 Å². The lowest BCUT2D eigenvalue weighted by Gasteiger charge is -2.06. The first-order valence-corrected chi connectivity index (χ1v) is 9.06. The van der Waals surface area contributed by atoms with Crippen molar-refractivity contribution in [3.8, 4) is 22.8 Å². The molecule has 0 atom stereocenters. The molecule has 0 aliphatic carbocycles. The summed E-state index contributed by atoms with van der Waals surface area (Å²) in [6.07, 6.45) is 0. The number of rotatable bonds is 2. The zero-order valence-corrected chi connectivity index (χ0v) is 15.7. The second kappa shape index (κ2) is 5.85. The van der Waals surface area contributed by atoms with Crippen molar-refractivity contribution < 1.29 is 0 Å². The molecule has 4 N–H and O–H groups in total. The number of nitrogen functional groups attached to an aromatic ring is 2. The number of aromatic nitrogens is 4. The standard InChI is InChI=1S/C22H20N6/c1-27-19-11-15(23)7-9-17(19)25-21(27)13-3-5-14(6-4-13)22-26-18-10-8-16(24)12-20(18)28(22)2/h3-12H,23-24H2,1-2H3. The van der Waals surface area contributed by atoms with E-state index in [9.17, 15) is 0 Å². The van der Waals surface area contributed by atoms with Gasteiger partial charge in [-0.3, -0.25) is 0 Å². The van der Waals surface area contributed by atoms with E-state index in [0.717, 1.165) is 56.2 Å². The number of imidazole rings is 2. The van der Waals surface area contributed by atoms with Gasteiger partial charge in [0.05, 0.1) is 22.1 Å². The van der Waals surface area contributed by atoms with Gasteiger partial charge in [0.15, 0.2) is 0 Å². The van der Waals surface area contributed by atoms with E-state index in [-0.39, 0.29) is 0 Å². The molecule has 0 amide bonds. The number of hydrogen-bond donors (Lipinski definition) is 2. The van der Waals surface area contributed by atoms with Crippen molar-refractivity contribution in [3.05, 3.63) is 60.7 Å². The van der Waals surface area contributed by atoms with Gasteiger partial charge in [-0.25, -0.2) is 9.97 Å². The predicted octanol–water partition coefficient (Wildman–Crippen LogP) is 3.96. The Bertz CT molecular complexity index is 1240. The number of fused-ring (bicyclic) bond motifs is 2. The molecular formula is C22H20N6. The third-order valence-electron chi connectivity index (χ3n) is 5.21. The number of aryl methyl sites for hydroxylation is 2. The average molecular weight is 368 g/mol. The SMILES string of the molecule is Cn1c(-c2ccc(-c3nc4ccc(N)cc4n3C)cc2)nc2ccc(N)cc21. The van der Waals surface area contributed by atoms with E-state index in [1.807, 2.05) is 50.5 Å². The quantitative estimate of drug-likeness (QED) is 0.462. The molecule has 0 fully saturated rings. The van der Waals surface area contributed by atoms with E-state index in [1.54, 1.807) is 0 Å². The maximum atomic E-state index is 5.92. The number of anilines is 2. The van der Waals surface area contributed by atoms with Crippen LogP contribution in [0.5, 0.6) is 0 Å². The molecule has 6 heteroatoms. The van der Waals surface area contributed by atoms with Crippen molar-refractivity contribution in [3.63, 3.8) is 0 Å². The predicted molar refractivity (Wildman–Crippen MR) is 115 cm³/mol. The molecule has 0 saturated carbocycles. The lowest BCUT2D eigenvalue weighted by atomic mass is 10.1. The van der Waals surface area contributed by atoms with Crippen LogP contribution >= 0.6 is 0 Å². The molecule has 3 aromatic carbocycles. The molecular weight excluding hydrogens is 348 g/mol. The summed E-state index contributed by atoms with van der Waals surface area (Å²) >= 11 is 0. The normalized spacial score (nSPS) is 11.5. The maximum absolute atomic E-state index is 5.92. The zero-order chi connectivity index (χ0) is 19.4. The minimum Gasteiger partial charge on any atom is -0.399 e. The van der Waals surface area contributed by atoms with Gasteiger partial charge in [-0.1, -0.05) is 24.3 Å². The Hall–Kier alpha value is -3.80. The van der Waals surface area contributed by atoms with Crippen molar-refractivity contribution in [2.75, 3.05) is 11.5 Å². The first-order valence-electron chi connectivity index (χ1n) is 9.06. The number of hydrogen-bond acceptors (Lipinski definition) is 4. The third kappa shape index (κ3) is 2.42. The molecule has 0 saturated heterocycles. The van der Waals surface area contributed by atoms with Gasteiger partial charge in [0.1, 0.15) is 11.6 Å². The monoisotopic (exact) mass is 368 g/mol. The topological polar surface area (TPSA) is 87.7 Å². The van der Waals surface area contributed by atoms with Crippen LogP contribution < -0.4 is 11.5 Å². The van der Waals surface area contributed by atoms with E-state index in [1.165, 1.54) is 0 Å².